The second kappa shape index (κ2) is 9.75. The van der Waals surface area contributed by atoms with Crippen molar-refractivity contribution in [3.05, 3.63) is 52.0 Å². The van der Waals surface area contributed by atoms with Gasteiger partial charge >= 0.3 is 5.97 Å². The molecule has 0 spiro atoms. The Morgan fingerprint density at radius 2 is 1.86 bits per heavy atom. The molecule has 0 aliphatic carbocycles. The standard InChI is InChI=1S/C19H20BrN3O5/c1-11-3-6-16(27-2)15(7-11)23-17(24)9-22-18(25)10-28-19(26)13-8-12(20)4-5-14(13)21/h3-8H,9-10,21H2,1-2H3,(H,22,25)(H,23,24). The van der Waals surface area contributed by atoms with Crippen LogP contribution in [0.25, 0.3) is 0 Å². The lowest BCUT2D eigenvalue weighted by Crippen LogP contribution is -2.35. The minimum atomic E-state index is -0.733. The largest absolute Gasteiger partial charge is 0.495 e. The number of aryl methyl sites for hydroxylation is 1. The minimum Gasteiger partial charge on any atom is -0.495 e. The van der Waals surface area contributed by atoms with E-state index >= 15 is 0 Å². The van der Waals surface area contributed by atoms with Gasteiger partial charge in [0.25, 0.3) is 5.91 Å². The summed E-state index contributed by atoms with van der Waals surface area (Å²) >= 11 is 3.23. The predicted octanol–water partition coefficient (Wildman–Crippen LogP) is 2.26. The van der Waals surface area contributed by atoms with E-state index in [2.05, 4.69) is 26.6 Å². The average Bonchev–Trinajstić information content (AvgIpc) is 2.66. The number of carbonyl (C=O) groups is 3. The van der Waals surface area contributed by atoms with Crippen LogP contribution < -0.4 is 21.1 Å². The third-order valence-corrected chi connectivity index (χ3v) is 4.14. The molecule has 0 aliphatic heterocycles. The van der Waals surface area contributed by atoms with Crippen LogP contribution in [-0.2, 0) is 14.3 Å². The molecule has 0 fully saturated rings. The molecule has 0 saturated carbocycles. The molecule has 2 aromatic carbocycles. The quantitative estimate of drug-likeness (QED) is 0.440. The van der Waals surface area contributed by atoms with Crippen LogP contribution >= 0.6 is 15.9 Å². The molecule has 0 unspecified atom stereocenters. The number of methoxy groups -OCH3 is 1. The number of halogens is 1. The van der Waals surface area contributed by atoms with Crippen LogP contribution in [0.15, 0.2) is 40.9 Å². The maximum absolute atomic E-state index is 12.0. The SMILES string of the molecule is COc1ccc(C)cc1NC(=O)CNC(=O)COC(=O)c1cc(Br)ccc1N. The predicted molar refractivity (Wildman–Crippen MR) is 108 cm³/mol. The van der Waals surface area contributed by atoms with Gasteiger partial charge in [-0.1, -0.05) is 22.0 Å². The first-order chi connectivity index (χ1) is 13.3. The van der Waals surface area contributed by atoms with Gasteiger partial charge in [0.1, 0.15) is 5.75 Å². The van der Waals surface area contributed by atoms with Crippen molar-refractivity contribution in [3.8, 4) is 5.75 Å². The fourth-order valence-corrected chi connectivity index (χ4v) is 2.62. The molecular formula is C19H20BrN3O5. The number of nitrogens with one attached hydrogen (secondary N) is 2. The van der Waals surface area contributed by atoms with Gasteiger partial charge in [0.05, 0.1) is 24.9 Å². The lowest BCUT2D eigenvalue weighted by Gasteiger charge is -2.12. The summed E-state index contributed by atoms with van der Waals surface area (Å²) in [4.78, 5) is 35.9. The van der Waals surface area contributed by atoms with E-state index in [0.29, 0.717) is 15.9 Å². The number of anilines is 2. The Morgan fingerprint density at radius 3 is 2.57 bits per heavy atom. The number of carbonyl (C=O) groups excluding carboxylic acids is 3. The Hall–Kier alpha value is -3.07. The van der Waals surface area contributed by atoms with Crippen LogP contribution in [0.2, 0.25) is 0 Å². The number of amides is 2. The van der Waals surface area contributed by atoms with E-state index in [1.165, 1.54) is 13.2 Å². The zero-order valence-corrected chi connectivity index (χ0v) is 17.0. The highest BCUT2D eigenvalue weighted by Crippen LogP contribution is 2.25. The molecule has 0 radical (unpaired) electrons. The Bertz CT molecular complexity index is 901. The van der Waals surface area contributed by atoms with E-state index in [9.17, 15) is 14.4 Å². The molecule has 0 atom stereocenters. The van der Waals surface area contributed by atoms with E-state index in [-0.39, 0.29) is 17.8 Å². The van der Waals surface area contributed by atoms with Gasteiger partial charge in [-0.05, 0) is 42.8 Å². The fourth-order valence-electron chi connectivity index (χ4n) is 2.26. The van der Waals surface area contributed by atoms with Crippen molar-refractivity contribution in [1.29, 1.82) is 0 Å². The average molecular weight is 450 g/mol. The summed E-state index contributed by atoms with van der Waals surface area (Å²) in [6.45, 7) is 1.06. The van der Waals surface area contributed by atoms with E-state index in [4.69, 9.17) is 15.2 Å². The molecule has 8 nitrogen and oxygen atoms in total. The molecule has 0 bridgehead atoms. The first kappa shape index (κ1) is 21.2. The summed E-state index contributed by atoms with van der Waals surface area (Å²) in [6, 6.07) is 10.1. The molecule has 9 heteroatoms. The number of hydrogen-bond donors (Lipinski definition) is 3. The summed E-state index contributed by atoms with van der Waals surface area (Å²) < 4.78 is 10.8. The van der Waals surface area contributed by atoms with Gasteiger partial charge in [0.15, 0.2) is 6.61 Å². The zero-order chi connectivity index (χ0) is 20.7. The molecule has 28 heavy (non-hydrogen) atoms. The van der Waals surface area contributed by atoms with Gasteiger partial charge in [-0.3, -0.25) is 9.59 Å². The number of nitrogens with two attached hydrogens (primary N) is 1. The molecule has 2 amide bonds. The van der Waals surface area contributed by atoms with Crippen molar-refractivity contribution in [2.45, 2.75) is 6.92 Å². The normalized spacial score (nSPS) is 10.1. The maximum atomic E-state index is 12.0. The van der Waals surface area contributed by atoms with Gasteiger partial charge < -0.3 is 25.8 Å². The van der Waals surface area contributed by atoms with Crippen LogP contribution in [0.3, 0.4) is 0 Å². The third kappa shape index (κ3) is 5.98. The lowest BCUT2D eigenvalue weighted by molar-refractivity contribution is -0.126. The molecule has 0 heterocycles. The second-order valence-electron chi connectivity index (χ2n) is 5.84. The van der Waals surface area contributed by atoms with Crippen molar-refractivity contribution in [3.63, 3.8) is 0 Å². The van der Waals surface area contributed by atoms with Crippen LogP contribution in [0.1, 0.15) is 15.9 Å². The van der Waals surface area contributed by atoms with Gasteiger partial charge in [0, 0.05) is 10.2 Å². The first-order valence-electron chi connectivity index (χ1n) is 8.23. The molecule has 2 aromatic rings. The van der Waals surface area contributed by atoms with Crippen LogP contribution in [0.4, 0.5) is 11.4 Å². The topological polar surface area (TPSA) is 120 Å². The van der Waals surface area contributed by atoms with Crippen molar-refractivity contribution in [2.75, 3.05) is 31.3 Å². The number of nitrogen functional groups attached to an aromatic ring is 1. The Morgan fingerprint density at radius 1 is 1.11 bits per heavy atom. The summed E-state index contributed by atoms with van der Waals surface area (Å²) in [7, 11) is 1.49. The smallest absolute Gasteiger partial charge is 0.340 e. The van der Waals surface area contributed by atoms with Crippen molar-refractivity contribution in [1.82, 2.24) is 5.32 Å². The minimum absolute atomic E-state index is 0.145. The molecule has 0 aliphatic rings. The third-order valence-electron chi connectivity index (χ3n) is 3.64. The highest BCUT2D eigenvalue weighted by molar-refractivity contribution is 9.10. The van der Waals surface area contributed by atoms with E-state index < -0.39 is 24.4 Å². The van der Waals surface area contributed by atoms with Crippen LogP contribution in [-0.4, -0.2) is 38.0 Å². The lowest BCUT2D eigenvalue weighted by atomic mass is 10.2. The van der Waals surface area contributed by atoms with Crippen molar-refractivity contribution >= 4 is 45.1 Å². The molecular weight excluding hydrogens is 430 g/mol. The van der Waals surface area contributed by atoms with E-state index in [1.807, 2.05) is 13.0 Å². The first-order valence-corrected chi connectivity index (χ1v) is 9.02. The monoisotopic (exact) mass is 449 g/mol. The molecule has 0 aromatic heterocycles. The maximum Gasteiger partial charge on any atom is 0.340 e. The van der Waals surface area contributed by atoms with Gasteiger partial charge in [-0.25, -0.2) is 4.79 Å². The van der Waals surface area contributed by atoms with Crippen molar-refractivity contribution < 1.29 is 23.9 Å². The van der Waals surface area contributed by atoms with E-state index in [0.717, 1.165) is 5.56 Å². The number of ether oxygens (including phenoxy) is 2. The molecule has 4 N–H and O–H groups in total. The van der Waals surface area contributed by atoms with Gasteiger partial charge in [-0.15, -0.1) is 0 Å². The van der Waals surface area contributed by atoms with Crippen LogP contribution in [0.5, 0.6) is 5.75 Å². The summed E-state index contributed by atoms with van der Waals surface area (Å²) in [5, 5.41) is 5.03. The zero-order valence-electron chi connectivity index (χ0n) is 15.4. The van der Waals surface area contributed by atoms with Crippen LogP contribution in [0, 0.1) is 6.92 Å². The number of benzene rings is 2. The summed E-state index contributed by atoms with van der Waals surface area (Å²) in [5.74, 6) is -1.29. The van der Waals surface area contributed by atoms with E-state index in [1.54, 1.807) is 24.3 Å². The second-order valence-corrected chi connectivity index (χ2v) is 6.75. The Balaban J connectivity index is 1.82. The molecule has 148 valence electrons. The number of esters is 1. The summed E-state index contributed by atoms with van der Waals surface area (Å²) in [5.41, 5.74) is 7.54. The molecule has 0 saturated heterocycles. The molecule has 2 rings (SSSR count). The highest BCUT2D eigenvalue weighted by atomic mass is 79.9. The number of rotatable bonds is 7. The number of hydrogen-bond acceptors (Lipinski definition) is 6. The Labute approximate surface area is 170 Å². The fraction of sp³-hybridized carbons (Fsp3) is 0.211. The highest BCUT2D eigenvalue weighted by Gasteiger charge is 2.15. The van der Waals surface area contributed by atoms with Gasteiger partial charge in [-0.2, -0.15) is 0 Å². The Kier molecular flexibility index (Phi) is 7.39. The van der Waals surface area contributed by atoms with Crippen molar-refractivity contribution in [2.24, 2.45) is 0 Å². The summed E-state index contributed by atoms with van der Waals surface area (Å²) in [6.07, 6.45) is 0. The van der Waals surface area contributed by atoms with Gasteiger partial charge in [0.2, 0.25) is 5.91 Å².